The average Bonchev–Trinajstić information content (AvgIpc) is 1.58. The Kier molecular flexibility index (Phi) is 2.69. The van der Waals surface area contributed by atoms with Gasteiger partial charge in [-0.3, -0.25) is 0 Å². The first-order valence-corrected chi connectivity index (χ1v) is 5.75. The Morgan fingerprint density at radius 1 is 1.00 bits per heavy atom. The molecule has 0 aromatic heterocycles. The SMILES string of the molecule is CC(C)(C)C(C)(C)S(=O)(=O)Cl. The van der Waals surface area contributed by atoms with Crippen molar-refractivity contribution in [3.05, 3.63) is 0 Å². The van der Waals surface area contributed by atoms with Crippen molar-refractivity contribution in [2.24, 2.45) is 5.41 Å². The maximum Gasteiger partial charge on any atom is 0.238 e. The van der Waals surface area contributed by atoms with Crippen molar-refractivity contribution in [2.75, 3.05) is 0 Å². The van der Waals surface area contributed by atoms with E-state index in [2.05, 4.69) is 0 Å². The minimum absolute atomic E-state index is 0.340. The second-order valence-corrected chi connectivity index (χ2v) is 7.31. The Morgan fingerprint density at radius 2 is 1.27 bits per heavy atom. The average molecular weight is 199 g/mol. The van der Waals surface area contributed by atoms with Gasteiger partial charge in [0.2, 0.25) is 9.05 Å². The van der Waals surface area contributed by atoms with E-state index in [9.17, 15) is 8.42 Å². The van der Waals surface area contributed by atoms with Gasteiger partial charge in [-0.05, 0) is 19.3 Å². The molecule has 2 nitrogen and oxygen atoms in total. The van der Waals surface area contributed by atoms with Crippen molar-refractivity contribution in [1.82, 2.24) is 0 Å². The lowest BCUT2D eigenvalue weighted by Crippen LogP contribution is -2.41. The standard InChI is InChI=1S/C7H15ClO2S/c1-6(2,3)7(4,5)11(8,9)10/h1-5H3. The van der Waals surface area contributed by atoms with E-state index in [1.807, 2.05) is 20.8 Å². The predicted molar refractivity (Wildman–Crippen MR) is 48.3 cm³/mol. The van der Waals surface area contributed by atoms with Gasteiger partial charge in [-0.25, -0.2) is 8.42 Å². The summed E-state index contributed by atoms with van der Waals surface area (Å²) in [5, 5.41) is 0. The van der Waals surface area contributed by atoms with Crippen LogP contribution in [0.1, 0.15) is 34.6 Å². The molecule has 0 saturated carbocycles. The number of rotatable bonds is 1. The molecule has 0 spiro atoms. The quantitative estimate of drug-likeness (QED) is 0.607. The number of hydrogen-bond donors (Lipinski definition) is 0. The third kappa shape index (κ3) is 2.09. The second kappa shape index (κ2) is 2.63. The molecule has 0 radical (unpaired) electrons. The molecule has 0 saturated heterocycles. The zero-order valence-electron chi connectivity index (χ0n) is 7.60. The molecule has 0 unspecified atom stereocenters. The molecular formula is C7H15ClO2S. The molecule has 0 aliphatic rings. The zero-order chi connectivity index (χ0) is 9.50. The molecule has 11 heavy (non-hydrogen) atoms. The molecule has 4 heteroatoms. The highest BCUT2D eigenvalue weighted by atomic mass is 35.7. The van der Waals surface area contributed by atoms with Crippen molar-refractivity contribution in [3.63, 3.8) is 0 Å². The maximum absolute atomic E-state index is 11.1. The molecule has 0 N–H and O–H groups in total. The molecule has 0 aromatic rings. The van der Waals surface area contributed by atoms with Crippen LogP contribution >= 0.6 is 10.7 Å². The Labute approximate surface area is 73.4 Å². The monoisotopic (exact) mass is 198 g/mol. The Hall–Kier alpha value is 0.240. The smallest absolute Gasteiger partial charge is 0.212 e. The van der Waals surface area contributed by atoms with Gasteiger partial charge in [-0.1, -0.05) is 20.8 Å². The van der Waals surface area contributed by atoms with Crippen LogP contribution in [0.5, 0.6) is 0 Å². The van der Waals surface area contributed by atoms with Crippen LogP contribution in [0.15, 0.2) is 0 Å². The molecule has 0 fully saturated rings. The third-order valence-electron chi connectivity index (χ3n) is 2.42. The lowest BCUT2D eigenvalue weighted by atomic mass is 9.83. The molecule has 0 aliphatic carbocycles. The molecule has 0 amide bonds. The van der Waals surface area contributed by atoms with Crippen LogP contribution in [-0.2, 0) is 9.05 Å². The van der Waals surface area contributed by atoms with E-state index >= 15 is 0 Å². The first kappa shape index (κ1) is 11.2. The fourth-order valence-corrected chi connectivity index (χ4v) is 1.79. The van der Waals surface area contributed by atoms with Crippen molar-refractivity contribution >= 4 is 19.7 Å². The van der Waals surface area contributed by atoms with Gasteiger partial charge in [0.05, 0.1) is 4.75 Å². The van der Waals surface area contributed by atoms with E-state index in [1.165, 1.54) is 0 Å². The maximum atomic E-state index is 11.1. The summed E-state index contributed by atoms with van der Waals surface area (Å²) < 4.78 is 21.2. The first-order chi connectivity index (χ1) is 4.50. The van der Waals surface area contributed by atoms with Gasteiger partial charge in [-0.2, -0.15) is 0 Å². The van der Waals surface area contributed by atoms with Gasteiger partial charge in [0.1, 0.15) is 0 Å². The lowest BCUT2D eigenvalue weighted by Gasteiger charge is -2.35. The van der Waals surface area contributed by atoms with Crippen LogP contribution in [-0.4, -0.2) is 13.2 Å². The number of hydrogen-bond acceptors (Lipinski definition) is 2. The van der Waals surface area contributed by atoms with Gasteiger partial charge < -0.3 is 0 Å². The summed E-state index contributed by atoms with van der Waals surface area (Å²) in [7, 11) is 1.79. The van der Waals surface area contributed by atoms with E-state index < -0.39 is 13.8 Å². The Morgan fingerprint density at radius 3 is 1.27 bits per heavy atom. The third-order valence-corrected chi connectivity index (χ3v) is 5.40. The largest absolute Gasteiger partial charge is 0.238 e. The minimum Gasteiger partial charge on any atom is -0.212 e. The Balaban J connectivity index is 5.08. The van der Waals surface area contributed by atoms with E-state index in [-0.39, 0.29) is 5.41 Å². The summed E-state index contributed by atoms with van der Waals surface area (Å²) in [5.41, 5.74) is -0.340. The molecule has 0 bridgehead atoms. The van der Waals surface area contributed by atoms with Gasteiger partial charge in [0, 0.05) is 10.7 Å². The Bertz CT molecular complexity index is 234. The molecule has 0 atom stereocenters. The molecule has 0 aromatic carbocycles. The fourth-order valence-electron chi connectivity index (χ4n) is 0.366. The summed E-state index contributed by atoms with van der Waals surface area (Å²) in [6.07, 6.45) is 0. The summed E-state index contributed by atoms with van der Waals surface area (Å²) in [5.74, 6) is 0. The minimum atomic E-state index is -3.49. The van der Waals surface area contributed by atoms with E-state index in [1.54, 1.807) is 13.8 Å². The zero-order valence-corrected chi connectivity index (χ0v) is 9.18. The summed E-state index contributed by atoms with van der Waals surface area (Å²) >= 11 is 0. The van der Waals surface area contributed by atoms with Crippen molar-refractivity contribution < 1.29 is 8.42 Å². The molecule has 0 heterocycles. The molecule has 0 rings (SSSR count). The van der Waals surface area contributed by atoms with Gasteiger partial charge in [-0.15, -0.1) is 0 Å². The number of halogens is 1. The lowest BCUT2D eigenvalue weighted by molar-refractivity contribution is 0.305. The van der Waals surface area contributed by atoms with Crippen LogP contribution in [0.25, 0.3) is 0 Å². The topological polar surface area (TPSA) is 34.1 Å². The molecule has 68 valence electrons. The summed E-state index contributed by atoms with van der Waals surface area (Å²) in [6, 6.07) is 0. The van der Waals surface area contributed by atoms with E-state index in [0.717, 1.165) is 0 Å². The molecular weight excluding hydrogens is 184 g/mol. The normalized spacial score (nSPS) is 15.1. The van der Waals surface area contributed by atoms with Crippen LogP contribution in [0, 0.1) is 5.41 Å². The van der Waals surface area contributed by atoms with Gasteiger partial charge >= 0.3 is 0 Å². The van der Waals surface area contributed by atoms with Gasteiger partial charge in [0.15, 0.2) is 0 Å². The van der Waals surface area contributed by atoms with E-state index in [4.69, 9.17) is 10.7 Å². The first-order valence-electron chi connectivity index (χ1n) is 3.44. The second-order valence-electron chi connectivity index (χ2n) is 4.20. The van der Waals surface area contributed by atoms with Crippen molar-refractivity contribution in [1.29, 1.82) is 0 Å². The van der Waals surface area contributed by atoms with Gasteiger partial charge in [0.25, 0.3) is 0 Å². The van der Waals surface area contributed by atoms with E-state index in [0.29, 0.717) is 0 Å². The van der Waals surface area contributed by atoms with Crippen LogP contribution in [0.3, 0.4) is 0 Å². The van der Waals surface area contributed by atoms with Crippen molar-refractivity contribution in [2.45, 2.75) is 39.4 Å². The van der Waals surface area contributed by atoms with Crippen molar-refractivity contribution in [3.8, 4) is 0 Å². The highest BCUT2D eigenvalue weighted by Gasteiger charge is 2.43. The summed E-state index contributed by atoms with van der Waals surface area (Å²) in [4.78, 5) is 0. The van der Waals surface area contributed by atoms with Crippen LogP contribution in [0.2, 0.25) is 0 Å². The predicted octanol–water partition coefficient (Wildman–Crippen LogP) is 2.38. The van der Waals surface area contributed by atoms with Crippen LogP contribution in [0.4, 0.5) is 0 Å². The fraction of sp³-hybridized carbons (Fsp3) is 1.00. The van der Waals surface area contributed by atoms with Crippen LogP contribution < -0.4 is 0 Å². The summed E-state index contributed by atoms with van der Waals surface area (Å²) in [6.45, 7) is 8.83. The highest BCUT2D eigenvalue weighted by Crippen LogP contribution is 2.38. The highest BCUT2D eigenvalue weighted by molar-refractivity contribution is 8.14. The molecule has 0 aliphatic heterocycles.